The highest BCUT2D eigenvalue weighted by Gasteiger charge is 2.36. The van der Waals surface area contributed by atoms with Gasteiger partial charge in [0, 0.05) is 0 Å². The van der Waals surface area contributed by atoms with Crippen molar-refractivity contribution in [2.75, 3.05) is 14.2 Å². The largest absolute Gasteiger partial charge is 0.469 e. The smallest absolute Gasteiger partial charge is 0.309 e. The number of carbonyl (C=O) groups is 2. The van der Waals surface area contributed by atoms with Gasteiger partial charge in [-0.05, 0) is 29.9 Å². The van der Waals surface area contributed by atoms with E-state index in [-0.39, 0.29) is 24.3 Å². The lowest BCUT2D eigenvalue weighted by atomic mass is 9.85. The molecule has 4 heteroatoms. The minimum absolute atomic E-state index is 0.0442. The number of carbonyl (C=O) groups excluding carboxylic acids is 2. The lowest BCUT2D eigenvalue weighted by Gasteiger charge is -2.21. The third kappa shape index (κ3) is 2.78. The first-order valence-electron chi connectivity index (χ1n) is 6.39. The molecule has 0 saturated heterocycles. The third-order valence-electron chi connectivity index (χ3n) is 3.78. The van der Waals surface area contributed by atoms with Crippen molar-refractivity contribution in [3.63, 3.8) is 0 Å². The molecule has 1 aromatic rings. The molecule has 0 aromatic heterocycles. The van der Waals surface area contributed by atoms with Crippen LogP contribution in [0.3, 0.4) is 0 Å². The summed E-state index contributed by atoms with van der Waals surface area (Å²) < 4.78 is 9.51. The molecule has 0 aliphatic heterocycles. The summed E-state index contributed by atoms with van der Waals surface area (Å²) in [6.45, 7) is 0. The molecular formula is C15H18O4. The number of aryl methyl sites for hydroxylation is 1. The summed E-state index contributed by atoms with van der Waals surface area (Å²) >= 11 is 0. The SMILES string of the molecule is COC(=O)CC(C(=O)OC)C1CCc2ccccc21. The molecule has 0 bridgehead atoms. The predicted octanol–water partition coefficient (Wildman–Crippen LogP) is 2.07. The number of ether oxygens (including phenoxy) is 2. The Morgan fingerprint density at radius 2 is 2.00 bits per heavy atom. The molecule has 19 heavy (non-hydrogen) atoms. The van der Waals surface area contributed by atoms with Crippen LogP contribution in [0.25, 0.3) is 0 Å². The fourth-order valence-electron chi connectivity index (χ4n) is 2.81. The molecule has 0 amide bonds. The molecule has 0 heterocycles. The van der Waals surface area contributed by atoms with Crippen molar-refractivity contribution in [1.82, 2.24) is 0 Å². The van der Waals surface area contributed by atoms with Crippen LogP contribution in [0.1, 0.15) is 29.9 Å². The maximum absolute atomic E-state index is 11.9. The van der Waals surface area contributed by atoms with E-state index < -0.39 is 5.92 Å². The Morgan fingerprint density at radius 1 is 1.26 bits per heavy atom. The zero-order valence-electron chi connectivity index (χ0n) is 11.2. The van der Waals surface area contributed by atoms with Gasteiger partial charge in [-0.25, -0.2) is 0 Å². The van der Waals surface area contributed by atoms with Crippen LogP contribution in [0.2, 0.25) is 0 Å². The minimum Gasteiger partial charge on any atom is -0.469 e. The van der Waals surface area contributed by atoms with Crippen molar-refractivity contribution in [2.24, 2.45) is 5.92 Å². The summed E-state index contributed by atoms with van der Waals surface area (Å²) in [6.07, 6.45) is 1.88. The maximum atomic E-state index is 11.9. The summed E-state index contributed by atoms with van der Waals surface area (Å²) in [4.78, 5) is 23.4. The molecule has 2 rings (SSSR count). The van der Waals surface area contributed by atoms with Gasteiger partial charge < -0.3 is 9.47 Å². The van der Waals surface area contributed by atoms with Gasteiger partial charge >= 0.3 is 11.9 Å². The van der Waals surface area contributed by atoms with Crippen molar-refractivity contribution >= 4 is 11.9 Å². The minimum atomic E-state index is -0.457. The van der Waals surface area contributed by atoms with Crippen LogP contribution >= 0.6 is 0 Å². The summed E-state index contributed by atoms with van der Waals surface area (Å²) in [6, 6.07) is 8.06. The van der Waals surface area contributed by atoms with E-state index >= 15 is 0 Å². The Morgan fingerprint density at radius 3 is 2.68 bits per heavy atom. The topological polar surface area (TPSA) is 52.6 Å². The zero-order valence-corrected chi connectivity index (χ0v) is 11.2. The molecular weight excluding hydrogens is 244 g/mol. The predicted molar refractivity (Wildman–Crippen MR) is 69.6 cm³/mol. The number of fused-ring (bicyclic) bond motifs is 1. The molecule has 0 saturated carbocycles. The van der Waals surface area contributed by atoms with E-state index in [0.29, 0.717) is 0 Å². The summed E-state index contributed by atoms with van der Waals surface area (Å²) in [5.41, 5.74) is 2.41. The molecule has 4 nitrogen and oxygen atoms in total. The maximum Gasteiger partial charge on any atom is 0.309 e. The second-order valence-corrected chi connectivity index (χ2v) is 4.75. The summed E-state index contributed by atoms with van der Waals surface area (Å²) in [5.74, 6) is -1.13. The molecule has 0 N–H and O–H groups in total. The Kier molecular flexibility index (Phi) is 4.20. The number of esters is 2. The molecule has 0 spiro atoms. The van der Waals surface area contributed by atoms with Gasteiger partial charge in [-0.3, -0.25) is 9.59 Å². The van der Waals surface area contributed by atoms with Crippen LogP contribution in [-0.2, 0) is 25.5 Å². The normalized spacial score (nSPS) is 18.5. The molecule has 0 fully saturated rings. The number of methoxy groups -OCH3 is 2. The standard InChI is InChI=1S/C15H18O4/c1-18-14(16)9-13(15(17)19-2)12-8-7-10-5-3-4-6-11(10)12/h3-6,12-13H,7-9H2,1-2H3. The van der Waals surface area contributed by atoms with Crippen LogP contribution in [0, 0.1) is 5.92 Å². The van der Waals surface area contributed by atoms with Crippen molar-refractivity contribution in [2.45, 2.75) is 25.2 Å². The number of hydrogen-bond acceptors (Lipinski definition) is 4. The fourth-order valence-corrected chi connectivity index (χ4v) is 2.81. The van der Waals surface area contributed by atoms with E-state index in [9.17, 15) is 9.59 Å². The van der Waals surface area contributed by atoms with Gasteiger partial charge in [0.1, 0.15) is 0 Å². The third-order valence-corrected chi connectivity index (χ3v) is 3.78. The molecule has 0 radical (unpaired) electrons. The van der Waals surface area contributed by atoms with Crippen LogP contribution in [-0.4, -0.2) is 26.2 Å². The van der Waals surface area contributed by atoms with Crippen LogP contribution in [0.4, 0.5) is 0 Å². The molecule has 2 atom stereocenters. The van der Waals surface area contributed by atoms with Crippen molar-refractivity contribution in [3.05, 3.63) is 35.4 Å². The lowest BCUT2D eigenvalue weighted by Crippen LogP contribution is -2.26. The Hall–Kier alpha value is -1.84. The van der Waals surface area contributed by atoms with Gasteiger partial charge in [-0.1, -0.05) is 24.3 Å². The first kappa shape index (κ1) is 13.6. The summed E-state index contributed by atoms with van der Waals surface area (Å²) in [7, 11) is 2.69. The average Bonchev–Trinajstić information content (AvgIpc) is 2.87. The quantitative estimate of drug-likeness (QED) is 0.779. The Balaban J connectivity index is 2.25. The highest BCUT2D eigenvalue weighted by atomic mass is 16.5. The average molecular weight is 262 g/mol. The van der Waals surface area contributed by atoms with Crippen molar-refractivity contribution < 1.29 is 19.1 Å². The van der Waals surface area contributed by atoms with Gasteiger partial charge in [0.25, 0.3) is 0 Å². The van der Waals surface area contributed by atoms with E-state index in [2.05, 4.69) is 10.8 Å². The fraction of sp³-hybridized carbons (Fsp3) is 0.467. The monoisotopic (exact) mass is 262 g/mol. The van der Waals surface area contributed by atoms with Crippen LogP contribution < -0.4 is 0 Å². The number of hydrogen-bond donors (Lipinski definition) is 0. The molecule has 2 unspecified atom stereocenters. The lowest BCUT2D eigenvalue weighted by molar-refractivity contribution is -0.152. The van der Waals surface area contributed by atoms with Crippen molar-refractivity contribution in [3.8, 4) is 0 Å². The van der Waals surface area contributed by atoms with E-state index in [1.54, 1.807) is 0 Å². The highest BCUT2D eigenvalue weighted by Crippen LogP contribution is 2.40. The molecule has 102 valence electrons. The van der Waals surface area contributed by atoms with Gasteiger partial charge in [0.05, 0.1) is 26.6 Å². The second kappa shape index (κ2) is 5.87. The van der Waals surface area contributed by atoms with Crippen LogP contribution in [0.5, 0.6) is 0 Å². The molecule has 1 aromatic carbocycles. The van der Waals surface area contributed by atoms with Gasteiger partial charge in [-0.15, -0.1) is 0 Å². The van der Waals surface area contributed by atoms with E-state index in [1.807, 2.05) is 18.2 Å². The number of benzene rings is 1. The molecule has 1 aliphatic rings. The second-order valence-electron chi connectivity index (χ2n) is 4.75. The van der Waals surface area contributed by atoms with Crippen LogP contribution in [0.15, 0.2) is 24.3 Å². The van der Waals surface area contributed by atoms with E-state index in [4.69, 9.17) is 4.74 Å². The Bertz CT molecular complexity index is 481. The summed E-state index contributed by atoms with van der Waals surface area (Å²) in [5, 5.41) is 0. The first-order valence-corrected chi connectivity index (χ1v) is 6.39. The number of rotatable bonds is 4. The first-order chi connectivity index (χ1) is 9.17. The Labute approximate surface area is 112 Å². The zero-order chi connectivity index (χ0) is 13.8. The van der Waals surface area contributed by atoms with E-state index in [0.717, 1.165) is 18.4 Å². The molecule has 1 aliphatic carbocycles. The van der Waals surface area contributed by atoms with Crippen molar-refractivity contribution in [1.29, 1.82) is 0 Å². The van der Waals surface area contributed by atoms with Gasteiger partial charge in [-0.2, -0.15) is 0 Å². The van der Waals surface area contributed by atoms with E-state index in [1.165, 1.54) is 19.8 Å². The van der Waals surface area contributed by atoms with Gasteiger partial charge in [0.15, 0.2) is 0 Å². The highest BCUT2D eigenvalue weighted by molar-refractivity contribution is 5.81. The van der Waals surface area contributed by atoms with Gasteiger partial charge in [0.2, 0.25) is 0 Å².